The summed E-state index contributed by atoms with van der Waals surface area (Å²) >= 11 is 7.00. The van der Waals surface area contributed by atoms with Gasteiger partial charge in [-0.3, -0.25) is 4.79 Å². The number of carbonyl (C=O) groups excluding carboxylic acids is 1. The van der Waals surface area contributed by atoms with Crippen LogP contribution >= 0.6 is 31.9 Å². The Morgan fingerprint density at radius 3 is 2.78 bits per heavy atom. The number of aryl methyl sites for hydroxylation is 1. The third-order valence-electron chi connectivity index (χ3n) is 4.06. The van der Waals surface area contributed by atoms with Crippen LogP contribution in [0.3, 0.4) is 0 Å². The van der Waals surface area contributed by atoms with Crippen molar-refractivity contribution in [3.8, 4) is 0 Å². The molecule has 0 saturated heterocycles. The fraction of sp³-hybridized carbons (Fsp3) is 0.0556. The fourth-order valence-electron chi connectivity index (χ4n) is 3.00. The maximum absolute atomic E-state index is 12.4. The van der Waals surface area contributed by atoms with Crippen LogP contribution in [0, 0.1) is 0 Å². The number of amides is 1. The van der Waals surface area contributed by atoms with E-state index in [4.69, 9.17) is 0 Å². The molecule has 0 saturated carbocycles. The average molecular weight is 432 g/mol. The number of benzene rings is 2. The molecule has 0 fully saturated rings. The van der Waals surface area contributed by atoms with Crippen molar-refractivity contribution >= 4 is 66.0 Å². The largest absolute Gasteiger partial charge is 0.350 e. The van der Waals surface area contributed by atoms with E-state index in [0.717, 1.165) is 36.7 Å². The number of nitrogens with zero attached hydrogens (tertiary/aromatic N) is 1. The monoisotopic (exact) mass is 430 g/mol. The molecule has 1 aliphatic heterocycles. The van der Waals surface area contributed by atoms with Crippen LogP contribution in [0.4, 0.5) is 5.69 Å². The third kappa shape index (κ3) is 2.35. The second-order valence-electron chi connectivity index (χ2n) is 5.53. The van der Waals surface area contributed by atoms with Gasteiger partial charge in [-0.2, -0.15) is 0 Å². The number of hydrogen-bond acceptors (Lipinski definition) is 1. The molecule has 5 heteroatoms. The minimum absolute atomic E-state index is 0.0771. The predicted octanol–water partition coefficient (Wildman–Crippen LogP) is 5.20. The summed E-state index contributed by atoms with van der Waals surface area (Å²) < 4.78 is 3.88. The summed E-state index contributed by atoms with van der Waals surface area (Å²) in [7, 11) is 2.01. The minimum atomic E-state index is -0.0771. The van der Waals surface area contributed by atoms with E-state index in [1.54, 1.807) is 0 Å². The first-order valence-electron chi connectivity index (χ1n) is 7.11. The number of hydrogen-bond donors (Lipinski definition) is 1. The number of carbonyl (C=O) groups is 1. The first-order valence-corrected chi connectivity index (χ1v) is 8.70. The molecule has 0 bridgehead atoms. The van der Waals surface area contributed by atoms with Crippen LogP contribution in [0.1, 0.15) is 11.1 Å². The van der Waals surface area contributed by atoms with Gasteiger partial charge in [-0.25, -0.2) is 0 Å². The van der Waals surface area contributed by atoms with Crippen LogP contribution < -0.4 is 5.32 Å². The molecule has 3 nitrogen and oxygen atoms in total. The zero-order valence-corrected chi connectivity index (χ0v) is 15.4. The Labute approximate surface area is 150 Å². The lowest BCUT2D eigenvalue weighted by molar-refractivity contribution is -0.110. The standard InChI is InChI=1S/C18H12Br2N2O/c1-22-9-10(12-4-2-3-5-16(12)22)6-14-13-7-11(19)8-15(20)17(13)21-18(14)23/h2-9H,1H3,(H,21,23). The summed E-state index contributed by atoms with van der Waals surface area (Å²) in [5, 5.41) is 4.07. The van der Waals surface area contributed by atoms with Gasteiger partial charge < -0.3 is 9.88 Å². The van der Waals surface area contributed by atoms with E-state index in [2.05, 4.69) is 60.1 Å². The van der Waals surface area contributed by atoms with E-state index in [-0.39, 0.29) is 5.91 Å². The van der Waals surface area contributed by atoms with E-state index >= 15 is 0 Å². The Bertz CT molecular complexity index is 1000. The topological polar surface area (TPSA) is 34.0 Å². The lowest BCUT2D eigenvalue weighted by atomic mass is 10.0. The molecule has 1 amide bonds. The van der Waals surface area contributed by atoms with Gasteiger partial charge in [0.2, 0.25) is 0 Å². The quantitative estimate of drug-likeness (QED) is 0.528. The molecular formula is C18H12Br2N2O. The van der Waals surface area contributed by atoms with Gasteiger partial charge in [0.05, 0.1) is 5.69 Å². The van der Waals surface area contributed by atoms with Crippen molar-refractivity contribution < 1.29 is 4.79 Å². The first-order chi connectivity index (χ1) is 11.0. The molecule has 3 aromatic rings. The molecular weight excluding hydrogens is 420 g/mol. The number of para-hydroxylation sites is 1. The van der Waals surface area contributed by atoms with Crippen molar-refractivity contribution in [1.82, 2.24) is 4.57 Å². The van der Waals surface area contributed by atoms with E-state index in [9.17, 15) is 4.79 Å². The Hall–Kier alpha value is -1.85. The van der Waals surface area contributed by atoms with E-state index < -0.39 is 0 Å². The van der Waals surface area contributed by atoms with Crippen molar-refractivity contribution in [2.45, 2.75) is 0 Å². The van der Waals surface area contributed by atoms with Gasteiger partial charge >= 0.3 is 0 Å². The summed E-state index contributed by atoms with van der Waals surface area (Å²) in [5.41, 5.74) is 4.60. The van der Waals surface area contributed by atoms with E-state index in [1.165, 1.54) is 0 Å². The number of halogens is 2. The molecule has 0 aliphatic carbocycles. The van der Waals surface area contributed by atoms with Gasteiger partial charge in [-0.15, -0.1) is 0 Å². The molecule has 1 aliphatic rings. The molecule has 1 N–H and O–H groups in total. The first kappa shape index (κ1) is 14.7. The summed E-state index contributed by atoms with van der Waals surface area (Å²) in [6.07, 6.45) is 4.01. The minimum Gasteiger partial charge on any atom is -0.350 e. The van der Waals surface area contributed by atoms with Crippen molar-refractivity contribution in [3.63, 3.8) is 0 Å². The second kappa shape index (κ2) is 5.35. The summed E-state index contributed by atoms with van der Waals surface area (Å²) in [6.45, 7) is 0. The Morgan fingerprint density at radius 1 is 1.17 bits per heavy atom. The average Bonchev–Trinajstić information content (AvgIpc) is 3.00. The number of aromatic nitrogens is 1. The Kier molecular flexibility index (Phi) is 3.43. The predicted molar refractivity (Wildman–Crippen MR) is 101 cm³/mol. The highest BCUT2D eigenvalue weighted by Gasteiger charge is 2.26. The number of rotatable bonds is 1. The van der Waals surface area contributed by atoms with Gasteiger partial charge in [-0.05, 0) is 40.2 Å². The second-order valence-corrected chi connectivity index (χ2v) is 7.30. The van der Waals surface area contributed by atoms with E-state index in [0.29, 0.717) is 5.57 Å². The maximum atomic E-state index is 12.4. The molecule has 2 aromatic carbocycles. The highest BCUT2D eigenvalue weighted by molar-refractivity contribution is 9.11. The molecule has 0 unspecified atom stereocenters. The van der Waals surface area contributed by atoms with Gasteiger partial charge in [0.15, 0.2) is 0 Å². The van der Waals surface area contributed by atoms with E-state index in [1.807, 2.05) is 37.4 Å². The summed E-state index contributed by atoms with van der Waals surface area (Å²) in [6, 6.07) is 12.1. The van der Waals surface area contributed by atoms with Crippen molar-refractivity contribution in [1.29, 1.82) is 0 Å². The maximum Gasteiger partial charge on any atom is 0.256 e. The highest BCUT2D eigenvalue weighted by Crippen LogP contribution is 2.41. The SMILES string of the molecule is Cn1cc(C=C2C(=O)Nc3c(Br)cc(Br)cc32)c2ccccc21. The zero-order chi connectivity index (χ0) is 16.1. The normalized spacial score (nSPS) is 15.3. The smallest absolute Gasteiger partial charge is 0.256 e. The van der Waals surface area contributed by atoms with Crippen molar-refractivity contribution in [2.24, 2.45) is 7.05 Å². The van der Waals surface area contributed by atoms with Gasteiger partial charge in [0, 0.05) is 49.8 Å². The Morgan fingerprint density at radius 2 is 1.96 bits per heavy atom. The lowest BCUT2D eigenvalue weighted by Gasteiger charge is -2.02. The molecule has 4 rings (SSSR count). The fourth-order valence-corrected chi connectivity index (χ4v) is 4.33. The molecule has 0 radical (unpaired) electrons. The van der Waals surface area contributed by atoms with Crippen LogP contribution in [0.5, 0.6) is 0 Å². The molecule has 23 heavy (non-hydrogen) atoms. The third-order valence-corrected chi connectivity index (χ3v) is 5.14. The van der Waals surface area contributed by atoms with Crippen molar-refractivity contribution in [3.05, 3.63) is 62.7 Å². The van der Waals surface area contributed by atoms with Gasteiger partial charge in [0.1, 0.15) is 0 Å². The Balaban J connectivity index is 1.94. The van der Waals surface area contributed by atoms with Crippen LogP contribution in [0.15, 0.2) is 51.5 Å². The molecule has 114 valence electrons. The molecule has 2 heterocycles. The zero-order valence-electron chi connectivity index (χ0n) is 12.2. The number of anilines is 1. The van der Waals surface area contributed by atoms with Gasteiger partial charge in [-0.1, -0.05) is 34.1 Å². The van der Waals surface area contributed by atoms with Crippen LogP contribution in [0.2, 0.25) is 0 Å². The molecule has 0 spiro atoms. The molecule has 0 atom stereocenters. The summed E-state index contributed by atoms with van der Waals surface area (Å²) in [4.78, 5) is 12.4. The number of nitrogens with one attached hydrogen (secondary N) is 1. The molecule has 1 aromatic heterocycles. The number of fused-ring (bicyclic) bond motifs is 2. The highest BCUT2D eigenvalue weighted by atomic mass is 79.9. The van der Waals surface area contributed by atoms with Crippen LogP contribution in [-0.4, -0.2) is 10.5 Å². The van der Waals surface area contributed by atoms with Crippen LogP contribution in [-0.2, 0) is 11.8 Å². The van der Waals surface area contributed by atoms with Gasteiger partial charge in [0.25, 0.3) is 5.91 Å². The van der Waals surface area contributed by atoms with Crippen molar-refractivity contribution in [2.75, 3.05) is 5.32 Å². The van der Waals surface area contributed by atoms with Crippen LogP contribution in [0.25, 0.3) is 22.6 Å². The summed E-state index contributed by atoms with van der Waals surface area (Å²) in [5.74, 6) is -0.0771. The lowest BCUT2D eigenvalue weighted by Crippen LogP contribution is -2.03.